The highest BCUT2D eigenvalue weighted by atomic mass is 16.4. The Morgan fingerprint density at radius 1 is 0.829 bits per heavy atom. The lowest BCUT2D eigenvalue weighted by Crippen LogP contribution is -2.44. The van der Waals surface area contributed by atoms with Crippen LogP contribution in [0.3, 0.4) is 0 Å². The van der Waals surface area contributed by atoms with Crippen molar-refractivity contribution in [2.75, 3.05) is 45.9 Å². The molecule has 2 rings (SSSR count). The third-order valence-corrected chi connectivity index (χ3v) is 7.45. The van der Waals surface area contributed by atoms with Crippen molar-refractivity contribution in [1.29, 1.82) is 0 Å². The molecular formula is C26H49N3O6. The number of hydrogen-bond donors (Lipinski definition) is 5. The molecule has 2 aliphatic rings. The number of unbranched alkanes of at least 4 members (excludes halogenated alkanes) is 4. The first-order valence-corrected chi connectivity index (χ1v) is 13.8. The molecule has 35 heavy (non-hydrogen) atoms. The average molecular weight is 500 g/mol. The van der Waals surface area contributed by atoms with Crippen LogP contribution in [0, 0.1) is 5.92 Å². The molecule has 0 aromatic heterocycles. The van der Waals surface area contributed by atoms with E-state index >= 15 is 0 Å². The number of aliphatic hydroxyl groups is 4. The van der Waals surface area contributed by atoms with E-state index in [0.717, 1.165) is 64.0 Å². The molecule has 2 fully saturated rings. The monoisotopic (exact) mass is 499 g/mol. The number of rotatable bonds is 16. The Kier molecular flexibility index (Phi) is 14.8. The van der Waals surface area contributed by atoms with Gasteiger partial charge in [0, 0.05) is 45.6 Å². The van der Waals surface area contributed by atoms with Crippen LogP contribution in [0.5, 0.6) is 0 Å². The number of likely N-dealkylation sites (tertiary alicyclic amines) is 2. The number of nitrogens with one attached hydrogen (secondary N) is 1. The highest BCUT2D eigenvalue weighted by Gasteiger charge is 2.25. The van der Waals surface area contributed by atoms with E-state index < -0.39 is 18.3 Å². The Bertz CT molecular complexity index is 594. The second-order valence-corrected chi connectivity index (χ2v) is 10.4. The van der Waals surface area contributed by atoms with Crippen LogP contribution in [0.15, 0.2) is 0 Å². The van der Waals surface area contributed by atoms with E-state index in [1.807, 2.05) is 4.90 Å². The number of nitrogens with zero attached hydrogens (tertiary/aromatic N) is 2. The maximum Gasteiger partial charge on any atom is 0.222 e. The molecule has 0 saturated carbocycles. The molecule has 2 amide bonds. The van der Waals surface area contributed by atoms with Gasteiger partial charge in [0.25, 0.3) is 0 Å². The van der Waals surface area contributed by atoms with Gasteiger partial charge in [-0.2, -0.15) is 0 Å². The molecule has 3 atom stereocenters. The summed E-state index contributed by atoms with van der Waals surface area (Å²) in [4.78, 5) is 29.1. The van der Waals surface area contributed by atoms with Crippen molar-refractivity contribution in [1.82, 2.24) is 15.1 Å². The van der Waals surface area contributed by atoms with Gasteiger partial charge in [-0.05, 0) is 64.0 Å². The summed E-state index contributed by atoms with van der Waals surface area (Å²) < 4.78 is 0. The van der Waals surface area contributed by atoms with Crippen molar-refractivity contribution in [2.24, 2.45) is 5.92 Å². The lowest BCUT2D eigenvalue weighted by Gasteiger charge is -2.36. The quantitative estimate of drug-likeness (QED) is 0.200. The molecular weight excluding hydrogens is 450 g/mol. The molecule has 204 valence electrons. The van der Waals surface area contributed by atoms with Gasteiger partial charge in [-0.25, -0.2) is 0 Å². The topological polar surface area (TPSA) is 134 Å². The minimum absolute atomic E-state index is 0.0326. The number of amides is 2. The first kappa shape index (κ1) is 30.0. The Morgan fingerprint density at radius 2 is 1.46 bits per heavy atom. The number of carbonyl (C=O) groups is 2. The maximum absolute atomic E-state index is 12.5. The number of aliphatic hydroxyl groups excluding tert-OH is 4. The summed E-state index contributed by atoms with van der Waals surface area (Å²) in [6.07, 6.45) is 7.78. The summed E-state index contributed by atoms with van der Waals surface area (Å²) in [7, 11) is 0. The van der Waals surface area contributed by atoms with Crippen molar-refractivity contribution >= 4 is 11.8 Å². The van der Waals surface area contributed by atoms with Crippen LogP contribution in [0.25, 0.3) is 0 Å². The fraction of sp³-hybridized carbons (Fsp3) is 0.923. The van der Waals surface area contributed by atoms with Crippen molar-refractivity contribution in [2.45, 2.75) is 102 Å². The summed E-state index contributed by atoms with van der Waals surface area (Å²) in [6.45, 7) is 5.07. The molecule has 0 aliphatic carbocycles. The maximum atomic E-state index is 12.5. The second-order valence-electron chi connectivity index (χ2n) is 10.4. The number of hydrogen-bond acceptors (Lipinski definition) is 7. The summed E-state index contributed by atoms with van der Waals surface area (Å²) in [6, 6.07) is 0. The van der Waals surface area contributed by atoms with Gasteiger partial charge in [0.15, 0.2) is 0 Å². The average Bonchev–Trinajstić information content (AvgIpc) is 2.87. The van der Waals surface area contributed by atoms with E-state index in [9.17, 15) is 24.9 Å². The number of carbonyl (C=O) groups excluding carboxylic acids is 2. The Labute approximate surface area is 210 Å². The third-order valence-electron chi connectivity index (χ3n) is 7.45. The minimum Gasteiger partial charge on any atom is -0.396 e. The molecule has 2 saturated heterocycles. The van der Waals surface area contributed by atoms with Gasteiger partial charge in [0.2, 0.25) is 11.8 Å². The second kappa shape index (κ2) is 17.2. The van der Waals surface area contributed by atoms with Crippen LogP contribution in [0.1, 0.15) is 83.5 Å². The fourth-order valence-electron chi connectivity index (χ4n) is 5.11. The Hall–Kier alpha value is -1.26. The Balaban J connectivity index is 1.44. The molecule has 2 heterocycles. The molecule has 5 N–H and O–H groups in total. The molecule has 2 aliphatic heterocycles. The van der Waals surface area contributed by atoms with Gasteiger partial charge in [0.05, 0.1) is 12.2 Å². The van der Waals surface area contributed by atoms with Crippen LogP contribution in [0.2, 0.25) is 0 Å². The van der Waals surface area contributed by atoms with Crippen molar-refractivity contribution in [3.05, 3.63) is 0 Å². The van der Waals surface area contributed by atoms with E-state index in [0.29, 0.717) is 12.8 Å². The van der Waals surface area contributed by atoms with Crippen LogP contribution in [-0.4, -0.2) is 106 Å². The standard InChI is InChI=1S/C26H49N3O6/c30-18-13-22(31)26(35)23(32)19-27-24(33)9-5-2-1-3-6-10-25(34)29-16-11-21(12-17-29)20-28-14-7-4-8-15-28/h21-23,26,30-32,35H,1-20H2,(H,27,33). The van der Waals surface area contributed by atoms with E-state index in [2.05, 4.69) is 10.2 Å². The molecule has 0 aromatic carbocycles. The van der Waals surface area contributed by atoms with Crippen LogP contribution in [0.4, 0.5) is 0 Å². The molecule has 0 spiro atoms. The first-order chi connectivity index (χ1) is 16.9. The highest BCUT2D eigenvalue weighted by Crippen LogP contribution is 2.21. The van der Waals surface area contributed by atoms with Gasteiger partial charge in [0.1, 0.15) is 6.10 Å². The lowest BCUT2D eigenvalue weighted by atomic mass is 9.95. The summed E-state index contributed by atoms with van der Waals surface area (Å²) in [5.74, 6) is 0.818. The van der Waals surface area contributed by atoms with Crippen LogP contribution in [-0.2, 0) is 9.59 Å². The first-order valence-electron chi connectivity index (χ1n) is 13.8. The van der Waals surface area contributed by atoms with E-state index in [4.69, 9.17) is 5.11 Å². The lowest BCUT2D eigenvalue weighted by molar-refractivity contribution is -0.132. The highest BCUT2D eigenvalue weighted by molar-refractivity contribution is 5.76. The van der Waals surface area contributed by atoms with Crippen molar-refractivity contribution in [3.8, 4) is 0 Å². The van der Waals surface area contributed by atoms with Gasteiger partial charge >= 0.3 is 0 Å². The normalized spacial score (nSPS) is 20.4. The van der Waals surface area contributed by atoms with Crippen LogP contribution >= 0.6 is 0 Å². The third kappa shape index (κ3) is 12.0. The predicted octanol–water partition coefficient (Wildman–Crippen LogP) is 1.02. The molecule has 0 bridgehead atoms. The molecule has 9 nitrogen and oxygen atoms in total. The van der Waals surface area contributed by atoms with Gasteiger partial charge in [-0.3, -0.25) is 9.59 Å². The van der Waals surface area contributed by atoms with E-state index in [1.165, 1.54) is 38.9 Å². The summed E-state index contributed by atoms with van der Waals surface area (Å²) >= 11 is 0. The molecule has 0 aromatic rings. The minimum atomic E-state index is -1.41. The zero-order valence-electron chi connectivity index (χ0n) is 21.5. The summed E-state index contributed by atoms with van der Waals surface area (Å²) in [5, 5.41) is 40.4. The fourth-order valence-corrected chi connectivity index (χ4v) is 5.11. The largest absolute Gasteiger partial charge is 0.396 e. The van der Waals surface area contributed by atoms with Gasteiger partial charge in [-0.1, -0.05) is 25.7 Å². The molecule has 9 heteroatoms. The van der Waals surface area contributed by atoms with E-state index in [-0.39, 0.29) is 31.4 Å². The van der Waals surface area contributed by atoms with E-state index in [1.54, 1.807) is 0 Å². The van der Waals surface area contributed by atoms with Crippen LogP contribution < -0.4 is 5.32 Å². The van der Waals surface area contributed by atoms with Gasteiger partial charge in [-0.15, -0.1) is 0 Å². The van der Waals surface area contributed by atoms with Crippen molar-refractivity contribution in [3.63, 3.8) is 0 Å². The SMILES string of the molecule is O=C(CCCCCCCC(=O)N1CCC(CN2CCCCC2)CC1)NCC(O)C(O)C(O)CCO. The van der Waals surface area contributed by atoms with Gasteiger partial charge < -0.3 is 35.5 Å². The smallest absolute Gasteiger partial charge is 0.222 e. The van der Waals surface area contributed by atoms with Crippen molar-refractivity contribution < 1.29 is 30.0 Å². The zero-order valence-corrected chi connectivity index (χ0v) is 21.5. The molecule has 3 unspecified atom stereocenters. The Morgan fingerprint density at radius 3 is 2.11 bits per heavy atom. The molecule has 0 radical (unpaired) electrons. The number of piperidine rings is 2. The summed E-state index contributed by atoms with van der Waals surface area (Å²) in [5.41, 5.74) is 0. The predicted molar refractivity (Wildman–Crippen MR) is 135 cm³/mol. The zero-order chi connectivity index (χ0) is 25.5.